The van der Waals surface area contributed by atoms with Gasteiger partial charge >= 0.3 is 15.6 Å². The van der Waals surface area contributed by atoms with E-state index in [1.807, 2.05) is 6.07 Å². The van der Waals surface area contributed by atoms with E-state index in [-0.39, 0.29) is 47.4 Å². The highest BCUT2D eigenvalue weighted by Gasteiger charge is 2.52. The summed E-state index contributed by atoms with van der Waals surface area (Å²) < 4.78 is 66.9. The van der Waals surface area contributed by atoms with Gasteiger partial charge in [-0.15, -0.1) is 0 Å². The van der Waals surface area contributed by atoms with E-state index in [9.17, 15) is 31.5 Å². The van der Waals surface area contributed by atoms with Crippen LogP contribution in [0.4, 0.5) is 13.2 Å². The van der Waals surface area contributed by atoms with Crippen molar-refractivity contribution in [1.29, 1.82) is 0 Å². The summed E-state index contributed by atoms with van der Waals surface area (Å²) in [4.78, 5) is 12.2. The minimum Gasteiger partial charge on any atom is -0.508 e. The number of rotatable bonds is 3. The number of hydrogen-bond acceptors (Lipinski definition) is 5. The van der Waals surface area contributed by atoms with E-state index in [2.05, 4.69) is 4.18 Å². The number of hydrogen-bond donors (Lipinski definition) is 1. The fourth-order valence-corrected chi connectivity index (χ4v) is 7.22. The molecule has 34 heavy (non-hydrogen) atoms. The van der Waals surface area contributed by atoms with Crippen molar-refractivity contribution in [2.45, 2.75) is 62.8 Å². The Bertz CT molecular complexity index is 1340. The van der Waals surface area contributed by atoms with E-state index in [1.165, 1.54) is 6.07 Å². The summed E-state index contributed by atoms with van der Waals surface area (Å²) in [5.74, 6) is -0.606. The molecule has 1 N–H and O–H groups in total. The van der Waals surface area contributed by atoms with Crippen LogP contribution in [0.1, 0.15) is 60.3 Å². The van der Waals surface area contributed by atoms with Gasteiger partial charge in [-0.1, -0.05) is 25.0 Å². The van der Waals surface area contributed by atoms with Gasteiger partial charge in [0.05, 0.1) is 0 Å². The maximum Gasteiger partial charge on any atom is 0.534 e. The highest BCUT2D eigenvalue weighted by molar-refractivity contribution is 7.88. The van der Waals surface area contributed by atoms with Crippen molar-refractivity contribution in [3.05, 3.63) is 46.5 Å². The Kier molecular flexibility index (Phi) is 4.51. The fraction of sp³-hybridized carbons (Fsp3) is 0.480. The normalized spacial score (nSPS) is 24.6. The third-order valence-electron chi connectivity index (χ3n) is 8.38. The Labute approximate surface area is 195 Å². The van der Waals surface area contributed by atoms with Crippen LogP contribution >= 0.6 is 0 Å². The largest absolute Gasteiger partial charge is 0.534 e. The van der Waals surface area contributed by atoms with Crippen LogP contribution in [0, 0.1) is 11.3 Å². The van der Waals surface area contributed by atoms with Crippen molar-refractivity contribution in [3.8, 4) is 22.6 Å². The lowest BCUT2D eigenvalue weighted by atomic mass is 9.71. The molecule has 4 aliphatic rings. The Morgan fingerprint density at radius 3 is 2.26 bits per heavy atom. The maximum atomic E-state index is 13.0. The van der Waals surface area contributed by atoms with E-state index in [0.29, 0.717) is 11.1 Å². The van der Waals surface area contributed by atoms with Gasteiger partial charge in [0, 0.05) is 23.8 Å². The van der Waals surface area contributed by atoms with Crippen LogP contribution in [0.2, 0.25) is 0 Å². The number of halogens is 3. The molecule has 0 aromatic heterocycles. The Balaban J connectivity index is 1.49. The van der Waals surface area contributed by atoms with Crippen LogP contribution in [0.5, 0.6) is 11.5 Å². The molecular formula is C25H23F3O5S. The Morgan fingerprint density at radius 2 is 1.59 bits per heavy atom. The second kappa shape index (κ2) is 6.99. The lowest BCUT2D eigenvalue weighted by Crippen LogP contribution is -2.32. The summed E-state index contributed by atoms with van der Waals surface area (Å²) in [5, 5.41) is 10.6. The Morgan fingerprint density at radius 1 is 0.912 bits per heavy atom. The van der Waals surface area contributed by atoms with E-state index >= 15 is 0 Å². The van der Waals surface area contributed by atoms with Crippen molar-refractivity contribution in [2.75, 3.05) is 0 Å². The Hall–Kier alpha value is -2.55. The quantitative estimate of drug-likeness (QED) is 0.472. The maximum absolute atomic E-state index is 13.0. The summed E-state index contributed by atoms with van der Waals surface area (Å²) in [5.41, 5.74) is -0.670. The molecule has 9 heteroatoms. The van der Waals surface area contributed by atoms with Crippen LogP contribution in [0.25, 0.3) is 11.1 Å². The molecule has 2 aromatic carbocycles. The molecule has 2 fully saturated rings. The van der Waals surface area contributed by atoms with E-state index < -0.39 is 15.6 Å². The second-order valence-electron chi connectivity index (χ2n) is 10.2. The minimum absolute atomic E-state index is 0.0256. The average molecular weight is 493 g/mol. The first-order valence-electron chi connectivity index (χ1n) is 11.5. The number of aromatic hydroxyl groups is 1. The topological polar surface area (TPSA) is 80.7 Å². The predicted octanol–water partition coefficient (Wildman–Crippen LogP) is 5.18. The number of carbonyl (C=O) groups is 1. The zero-order valence-electron chi connectivity index (χ0n) is 18.2. The van der Waals surface area contributed by atoms with Crippen LogP contribution < -0.4 is 4.18 Å². The summed E-state index contributed by atoms with van der Waals surface area (Å²) in [6, 6.07) is 6.37. The molecule has 2 aromatic rings. The number of Topliss-reactive ketones (excluding diaryl/α,β-unsaturated/α-hetero) is 1. The third-order valence-corrected chi connectivity index (χ3v) is 9.34. The molecule has 0 saturated heterocycles. The monoisotopic (exact) mass is 492 g/mol. The molecule has 2 unspecified atom stereocenters. The van der Waals surface area contributed by atoms with Crippen LogP contribution in [-0.2, 0) is 34.2 Å². The second-order valence-corrected chi connectivity index (χ2v) is 11.8. The van der Waals surface area contributed by atoms with Gasteiger partial charge in [-0.3, -0.25) is 4.79 Å². The molecule has 0 bridgehead atoms. The van der Waals surface area contributed by atoms with Gasteiger partial charge in [-0.25, -0.2) is 0 Å². The van der Waals surface area contributed by atoms with Gasteiger partial charge in [-0.05, 0) is 77.5 Å². The van der Waals surface area contributed by atoms with Gasteiger partial charge in [0.2, 0.25) is 0 Å². The van der Waals surface area contributed by atoms with Crippen LogP contribution in [0.3, 0.4) is 0 Å². The zero-order chi connectivity index (χ0) is 24.0. The molecule has 2 saturated carbocycles. The van der Waals surface area contributed by atoms with Gasteiger partial charge in [0.25, 0.3) is 0 Å². The summed E-state index contributed by atoms with van der Waals surface area (Å²) >= 11 is 0. The molecule has 0 aliphatic heterocycles. The lowest BCUT2D eigenvalue weighted by Gasteiger charge is -2.30. The van der Waals surface area contributed by atoms with Crippen LogP contribution in [0.15, 0.2) is 24.3 Å². The number of benzene rings is 2. The first-order chi connectivity index (χ1) is 16.0. The third kappa shape index (κ3) is 3.05. The van der Waals surface area contributed by atoms with Gasteiger partial charge < -0.3 is 9.29 Å². The number of phenolic OH excluding ortho intramolecular Hbond substituents is 1. The first kappa shape index (κ1) is 21.9. The minimum atomic E-state index is -5.83. The van der Waals surface area contributed by atoms with Gasteiger partial charge in [0.15, 0.2) is 0 Å². The molecule has 0 amide bonds. The van der Waals surface area contributed by atoms with Crippen molar-refractivity contribution in [1.82, 2.24) is 0 Å². The van der Waals surface area contributed by atoms with E-state index in [4.69, 9.17) is 0 Å². The number of ketones is 1. The molecule has 180 valence electrons. The molecule has 5 nitrogen and oxygen atoms in total. The van der Waals surface area contributed by atoms with Crippen molar-refractivity contribution in [3.63, 3.8) is 0 Å². The van der Waals surface area contributed by atoms with Crippen molar-refractivity contribution < 1.29 is 35.7 Å². The molecular weight excluding hydrogens is 469 g/mol. The molecule has 1 spiro atoms. The van der Waals surface area contributed by atoms with E-state index in [0.717, 1.165) is 60.8 Å². The fourth-order valence-electron chi connectivity index (χ4n) is 6.73. The SMILES string of the molecule is O=C1CC2c3c(-c4ccc(O)c5c4CC4(CCCC4)C5)ccc(OS(=O)(=O)C(F)(F)F)c3CC12. The first-order valence-corrected chi connectivity index (χ1v) is 12.9. The number of fused-ring (bicyclic) bond motifs is 4. The predicted molar refractivity (Wildman–Crippen MR) is 117 cm³/mol. The smallest absolute Gasteiger partial charge is 0.508 e. The zero-order valence-corrected chi connectivity index (χ0v) is 19.1. The molecule has 0 radical (unpaired) electrons. The van der Waals surface area contributed by atoms with Gasteiger partial charge in [0.1, 0.15) is 17.3 Å². The molecule has 6 rings (SSSR count). The highest BCUT2D eigenvalue weighted by Crippen LogP contribution is 2.57. The summed E-state index contributed by atoms with van der Waals surface area (Å²) in [6.07, 6.45) is 6.59. The molecule has 4 aliphatic carbocycles. The number of phenols is 1. The van der Waals surface area contributed by atoms with Crippen molar-refractivity contribution >= 4 is 15.9 Å². The lowest BCUT2D eigenvalue weighted by molar-refractivity contribution is -0.130. The number of alkyl halides is 3. The summed E-state index contributed by atoms with van der Waals surface area (Å²) in [6.45, 7) is 0. The van der Waals surface area contributed by atoms with Crippen molar-refractivity contribution in [2.24, 2.45) is 11.3 Å². The molecule has 2 atom stereocenters. The summed E-state index contributed by atoms with van der Waals surface area (Å²) in [7, 11) is -5.83. The standard InChI is InChI=1S/C25H23F3O5S/c26-25(27,28)34(31,32)33-22-6-4-14(23-16-10-21(30)15(16)9-17(22)23)13-3-5-20(29)19-12-24(11-18(13)19)7-1-2-8-24/h3-6,15-16,29H,1-2,7-12H2. The highest BCUT2D eigenvalue weighted by atomic mass is 32.2. The van der Waals surface area contributed by atoms with Crippen LogP contribution in [-0.4, -0.2) is 24.8 Å². The number of carbonyl (C=O) groups excluding carboxylic acids is 1. The van der Waals surface area contributed by atoms with E-state index in [1.54, 1.807) is 12.1 Å². The average Bonchev–Trinajstić information content (AvgIpc) is 3.45. The molecule has 0 heterocycles. The van der Waals surface area contributed by atoms with Gasteiger partial charge in [-0.2, -0.15) is 21.6 Å².